The highest BCUT2D eigenvalue weighted by Crippen LogP contribution is 2.28. The summed E-state index contributed by atoms with van der Waals surface area (Å²) < 4.78 is 0. The maximum atomic E-state index is 12.0. The summed E-state index contributed by atoms with van der Waals surface area (Å²) in [7, 11) is 0. The monoisotopic (exact) mass is 286 g/mol. The molecule has 5 heteroatoms. The molecule has 19 heavy (non-hydrogen) atoms. The third-order valence-corrected chi connectivity index (χ3v) is 4.42. The fourth-order valence-electron chi connectivity index (χ4n) is 3.08. The summed E-state index contributed by atoms with van der Waals surface area (Å²) in [4.78, 5) is 26.0. The second kappa shape index (κ2) is 7.13. The maximum absolute atomic E-state index is 12.0. The Hall–Kier alpha value is -0.770. The van der Waals surface area contributed by atoms with E-state index in [0.717, 1.165) is 19.3 Å². The lowest BCUT2D eigenvalue weighted by Crippen LogP contribution is -2.39. The molecule has 1 heterocycles. The molecule has 1 atom stereocenters. The van der Waals surface area contributed by atoms with Gasteiger partial charge in [0.1, 0.15) is 0 Å². The van der Waals surface area contributed by atoms with Crippen molar-refractivity contribution in [2.75, 3.05) is 19.0 Å². The SMILES string of the molecule is O=C(NCCCCl)C1CC(=O)N(C2CCCCC2)C1. The number of nitrogens with zero attached hydrogens (tertiary/aromatic N) is 1. The molecular formula is C14H23ClN2O2. The largest absolute Gasteiger partial charge is 0.356 e. The van der Waals surface area contributed by atoms with Crippen molar-refractivity contribution in [3.05, 3.63) is 0 Å². The lowest BCUT2D eigenvalue weighted by atomic mass is 9.94. The molecule has 2 aliphatic rings. The highest BCUT2D eigenvalue weighted by Gasteiger charge is 2.37. The van der Waals surface area contributed by atoms with Crippen molar-refractivity contribution in [1.29, 1.82) is 0 Å². The average molecular weight is 287 g/mol. The van der Waals surface area contributed by atoms with E-state index >= 15 is 0 Å². The average Bonchev–Trinajstić information content (AvgIpc) is 2.82. The number of rotatable bonds is 5. The fraction of sp³-hybridized carbons (Fsp3) is 0.857. The molecule has 108 valence electrons. The van der Waals surface area contributed by atoms with E-state index in [1.54, 1.807) is 0 Å². The first kappa shape index (κ1) is 14.6. The molecule has 2 rings (SSSR count). The van der Waals surface area contributed by atoms with Gasteiger partial charge in [-0.3, -0.25) is 9.59 Å². The van der Waals surface area contributed by atoms with Crippen molar-refractivity contribution in [3.8, 4) is 0 Å². The van der Waals surface area contributed by atoms with Crippen LogP contribution in [0.4, 0.5) is 0 Å². The first-order chi connectivity index (χ1) is 9.22. The third-order valence-electron chi connectivity index (χ3n) is 4.15. The number of likely N-dealkylation sites (tertiary alicyclic amines) is 1. The zero-order valence-corrected chi connectivity index (χ0v) is 12.1. The zero-order chi connectivity index (χ0) is 13.7. The Morgan fingerprint density at radius 3 is 2.74 bits per heavy atom. The molecule has 2 amide bonds. The molecule has 0 radical (unpaired) electrons. The number of carbonyl (C=O) groups excluding carboxylic acids is 2. The van der Waals surface area contributed by atoms with Gasteiger partial charge in [0.25, 0.3) is 0 Å². The molecule has 1 N–H and O–H groups in total. The Kier molecular flexibility index (Phi) is 5.49. The van der Waals surface area contributed by atoms with Gasteiger partial charge < -0.3 is 10.2 Å². The minimum absolute atomic E-state index is 0.0109. The standard InChI is InChI=1S/C14H23ClN2O2/c15-7-4-8-16-14(19)11-9-13(18)17(10-11)12-5-2-1-3-6-12/h11-12H,1-10H2,(H,16,19). The van der Waals surface area contributed by atoms with Crippen LogP contribution in [0.1, 0.15) is 44.9 Å². The molecule has 0 spiro atoms. The normalized spacial score (nSPS) is 24.8. The van der Waals surface area contributed by atoms with E-state index in [0.29, 0.717) is 31.4 Å². The van der Waals surface area contributed by atoms with Gasteiger partial charge in [-0.1, -0.05) is 19.3 Å². The van der Waals surface area contributed by atoms with Crippen molar-refractivity contribution in [1.82, 2.24) is 10.2 Å². The predicted octanol–water partition coefficient (Wildman–Crippen LogP) is 1.91. The third kappa shape index (κ3) is 3.85. The molecule has 0 bridgehead atoms. The van der Waals surface area contributed by atoms with Crippen LogP contribution in [0.2, 0.25) is 0 Å². The molecule has 1 saturated heterocycles. The first-order valence-electron chi connectivity index (χ1n) is 7.35. The molecule has 1 unspecified atom stereocenters. The summed E-state index contributed by atoms with van der Waals surface area (Å²) in [6.45, 7) is 1.21. The highest BCUT2D eigenvalue weighted by molar-refractivity contribution is 6.17. The van der Waals surface area contributed by atoms with Crippen LogP contribution in [0.5, 0.6) is 0 Å². The summed E-state index contributed by atoms with van der Waals surface area (Å²) in [5, 5.41) is 2.87. The van der Waals surface area contributed by atoms with Gasteiger partial charge >= 0.3 is 0 Å². The molecule has 0 aromatic heterocycles. The molecular weight excluding hydrogens is 264 g/mol. The van der Waals surface area contributed by atoms with Crippen molar-refractivity contribution >= 4 is 23.4 Å². The van der Waals surface area contributed by atoms with Gasteiger partial charge in [-0.25, -0.2) is 0 Å². The maximum Gasteiger partial charge on any atom is 0.225 e. The Morgan fingerprint density at radius 1 is 1.32 bits per heavy atom. The number of hydrogen-bond acceptors (Lipinski definition) is 2. The molecule has 1 aliphatic carbocycles. The van der Waals surface area contributed by atoms with E-state index in [2.05, 4.69) is 5.32 Å². The number of amides is 2. The summed E-state index contributed by atoms with van der Waals surface area (Å²) >= 11 is 5.58. The Morgan fingerprint density at radius 2 is 2.05 bits per heavy atom. The lowest BCUT2D eigenvalue weighted by Gasteiger charge is -2.31. The second-order valence-electron chi connectivity index (χ2n) is 5.57. The minimum Gasteiger partial charge on any atom is -0.356 e. The van der Waals surface area contributed by atoms with E-state index in [9.17, 15) is 9.59 Å². The van der Waals surface area contributed by atoms with Gasteiger partial charge in [0.2, 0.25) is 11.8 Å². The van der Waals surface area contributed by atoms with Gasteiger partial charge in [0, 0.05) is 31.4 Å². The summed E-state index contributed by atoms with van der Waals surface area (Å²) in [6.07, 6.45) is 7.06. The first-order valence-corrected chi connectivity index (χ1v) is 7.89. The highest BCUT2D eigenvalue weighted by atomic mass is 35.5. The van der Waals surface area contributed by atoms with Gasteiger partial charge in [0.05, 0.1) is 5.92 Å². The van der Waals surface area contributed by atoms with Crippen LogP contribution in [0.3, 0.4) is 0 Å². The second-order valence-corrected chi connectivity index (χ2v) is 5.95. The predicted molar refractivity (Wildman–Crippen MR) is 75.0 cm³/mol. The van der Waals surface area contributed by atoms with Crippen LogP contribution in [0.15, 0.2) is 0 Å². The van der Waals surface area contributed by atoms with Crippen LogP contribution in [-0.2, 0) is 9.59 Å². The van der Waals surface area contributed by atoms with Crippen LogP contribution < -0.4 is 5.32 Å². The number of hydrogen-bond donors (Lipinski definition) is 1. The van der Waals surface area contributed by atoms with Crippen molar-refractivity contribution in [2.45, 2.75) is 51.0 Å². The van der Waals surface area contributed by atoms with Gasteiger partial charge in [0.15, 0.2) is 0 Å². The van der Waals surface area contributed by atoms with Crippen LogP contribution >= 0.6 is 11.6 Å². The fourth-order valence-corrected chi connectivity index (χ4v) is 3.21. The van der Waals surface area contributed by atoms with E-state index in [1.807, 2.05) is 4.90 Å². The molecule has 1 aliphatic heterocycles. The van der Waals surface area contributed by atoms with Crippen LogP contribution in [-0.4, -0.2) is 41.7 Å². The van der Waals surface area contributed by atoms with Crippen molar-refractivity contribution < 1.29 is 9.59 Å². The number of halogens is 1. The Bertz CT molecular complexity index is 329. The molecule has 2 fully saturated rings. The van der Waals surface area contributed by atoms with Crippen molar-refractivity contribution in [3.63, 3.8) is 0 Å². The van der Waals surface area contributed by atoms with Gasteiger partial charge in [-0.2, -0.15) is 0 Å². The minimum atomic E-state index is -0.162. The lowest BCUT2D eigenvalue weighted by molar-refractivity contribution is -0.130. The molecule has 4 nitrogen and oxygen atoms in total. The van der Waals surface area contributed by atoms with E-state index in [1.165, 1.54) is 19.3 Å². The number of carbonyl (C=O) groups is 2. The molecule has 0 aromatic rings. The van der Waals surface area contributed by atoms with Crippen LogP contribution in [0, 0.1) is 5.92 Å². The zero-order valence-electron chi connectivity index (χ0n) is 11.4. The summed E-state index contributed by atoms with van der Waals surface area (Å²) in [5.74, 6) is 0.559. The summed E-state index contributed by atoms with van der Waals surface area (Å²) in [6, 6.07) is 0.377. The number of nitrogens with one attached hydrogen (secondary N) is 1. The molecule has 1 saturated carbocycles. The Labute approximate surface area is 119 Å². The van der Waals surface area contributed by atoms with E-state index in [-0.39, 0.29) is 17.7 Å². The molecule has 0 aromatic carbocycles. The van der Waals surface area contributed by atoms with Gasteiger partial charge in [-0.15, -0.1) is 11.6 Å². The van der Waals surface area contributed by atoms with Gasteiger partial charge in [-0.05, 0) is 19.3 Å². The topological polar surface area (TPSA) is 49.4 Å². The summed E-state index contributed by atoms with van der Waals surface area (Å²) in [5.41, 5.74) is 0. The Balaban J connectivity index is 1.82. The number of alkyl halides is 1. The van der Waals surface area contributed by atoms with E-state index < -0.39 is 0 Å². The quantitative estimate of drug-likeness (QED) is 0.620. The van der Waals surface area contributed by atoms with Crippen molar-refractivity contribution in [2.24, 2.45) is 5.92 Å². The smallest absolute Gasteiger partial charge is 0.225 e. The van der Waals surface area contributed by atoms with Crippen LogP contribution in [0.25, 0.3) is 0 Å². The van der Waals surface area contributed by atoms with E-state index in [4.69, 9.17) is 11.6 Å².